The number of esters is 2. The van der Waals surface area contributed by atoms with Crippen molar-refractivity contribution >= 4 is 41.6 Å². The number of ether oxygens (including phenoxy) is 2. The van der Waals surface area contributed by atoms with Crippen molar-refractivity contribution in [3.8, 4) is 0 Å². The predicted octanol–water partition coefficient (Wildman–Crippen LogP) is 3.48. The molecule has 214 valence electrons. The van der Waals surface area contributed by atoms with Crippen LogP contribution in [0.4, 0.5) is 0 Å². The molecule has 0 aromatic heterocycles. The summed E-state index contributed by atoms with van der Waals surface area (Å²) in [5, 5.41) is 5.96. The third kappa shape index (κ3) is 9.80. The van der Waals surface area contributed by atoms with E-state index in [9.17, 15) is 24.0 Å². The average Bonchev–Trinajstić information content (AvgIpc) is 2.86. The van der Waals surface area contributed by atoms with E-state index in [1.165, 1.54) is 12.2 Å². The third-order valence-electron chi connectivity index (χ3n) is 6.47. The first kappa shape index (κ1) is 32.0. The highest BCUT2D eigenvalue weighted by Crippen LogP contribution is 2.23. The standard InChI is InChI=1S/C29H39ClN2O7/c1-17(2)12-24-27(36)38-23(19(4)15-33)8-7-9-25(34)32-22(14-20-11-10-18(3)21(30)13-20)26(35)31-16-29(5,6)28(37)39-24/h7,9-11,13,15,17,19,22-24H,8,12,14,16H2,1-6H3,(H,31,35)(H,32,34)/b9-7+/t19-,22-,23+,24+/m1/s1. The molecule has 1 aliphatic heterocycles. The fourth-order valence-electron chi connectivity index (χ4n) is 3.83. The van der Waals surface area contributed by atoms with Gasteiger partial charge in [-0.15, -0.1) is 0 Å². The van der Waals surface area contributed by atoms with Crippen LogP contribution in [0.3, 0.4) is 0 Å². The summed E-state index contributed by atoms with van der Waals surface area (Å²) in [6.07, 6.45) is 1.76. The molecule has 9 nitrogen and oxygen atoms in total. The number of amides is 2. The van der Waals surface area contributed by atoms with Gasteiger partial charge in [-0.05, 0) is 56.4 Å². The van der Waals surface area contributed by atoms with Gasteiger partial charge < -0.3 is 24.9 Å². The Balaban J connectivity index is 2.40. The Morgan fingerprint density at radius 1 is 1.13 bits per heavy atom. The van der Waals surface area contributed by atoms with Crippen LogP contribution in [-0.4, -0.2) is 54.8 Å². The van der Waals surface area contributed by atoms with Gasteiger partial charge in [-0.3, -0.25) is 14.4 Å². The second-order valence-electron chi connectivity index (χ2n) is 11.1. The van der Waals surface area contributed by atoms with Gasteiger partial charge in [-0.2, -0.15) is 0 Å². The molecule has 1 aromatic rings. The van der Waals surface area contributed by atoms with Gasteiger partial charge in [0.2, 0.25) is 11.8 Å². The zero-order valence-corrected chi connectivity index (χ0v) is 24.2. The lowest BCUT2D eigenvalue weighted by Gasteiger charge is -2.29. The Morgan fingerprint density at radius 3 is 2.44 bits per heavy atom. The lowest BCUT2D eigenvalue weighted by molar-refractivity contribution is -0.179. The molecule has 2 N–H and O–H groups in total. The normalized spacial score (nSPS) is 24.7. The Bertz CT molecular complexity index is 1100. The molecule has 0 spiro atoms. The van der Waals surface area contributed by atoms with Crippen LogP contribution >= 0.6 is 11.6 Å². The molecule has 0 unspecified atom stereocenters. The number of carbonyl (C=O) groups is 5. The lowest BCUT2D eigenvalue weighted by Crippen LogP contribution is -2.51. The number of cyclic esters (lactones) is 2. The number of nitrogens with one attached hydrogen (secondary N) is 2. The van der Waals surface area contributed by atoms with E-state index >= 15 is 0 Å². The number of rotatable bonds is 6. The van der Waals surface area contributed by atoms with Gasteiger partial charge in [0, 0.05) is 30.3 Å². The summed E-state index contributed by atoms with van der Waals surface area (Å²) >= 11 is 6.25. The number of carbonyl (C=O) groups excluding carboxylic acids is 5. The second-order valence-corrected chi connectivity index (χ2v) is 11.5. The van der Waals surface area contributed by atoms with Crippen molar-refractivity contribution in [2.24, 2.45) is 17.3 Å². The first-order valence-electron chi connectivity index (χ1n) is 13.1. The van der Waals surface area contributed by atoms with Crippen LogP contribution in [0.15, 0.2) is 30.4 Å². The van der Waals surface area contributed by atoms with E-state index in [0.29, 0.717) is 11.3 Å². The molecule has 39 heavy (non-hydrogen) atoms. The molecule has 2 amide bonds. The molecule has 1 aromatic carbocycles. The van der Waals surface area contributed by atoms with E-state index in [-0.39, 0.29) is 31.7 Å². The van der Waals surface area contributed by atoms with E-state index in [0.717, 1.165) is 11.1 Å². The summed E-state index contributed by atoms with van der Waals surface area (Å²) in [5.41, 5.74) is 0.427. The van der Waals surface area contributed by atoms with Crippen LogP contribution in [-0.2, 0) is 39.9 Å². The molecule has 4 atom stereocenters. The smallest absolute Gasteiger partial charge is 0.347 e. The molecule has 2 rings (SSSR count). The Hall–Kier alpha value is -3.20. The molecule has 0 saturated carbocycles. The van der Waals surface area contributed by atoms with Crippen molar-refractivity contribution < 1.29 is 33.4 Å². The summed E-state index contributed by atoms with van der Waals surface area (Å²) in [5.74, 6) is -3.16. The van der Waals surface area contributed by atoms with Gasteiger partial charge >= 0.3 is 11.9 Å². The van der Waals surface area contributed by atoms with E-state index in [1.54, 1.807) is 26.8 Å². The Morgan fingerprint density at radius 2 is 1.82 bits per heavy atom. The molecule has 1 heterocycles. The molecule has 0 aliphatic carbocycles. The number of benzene rings is 1. The van der Waals surface area contributed by atoms with E-state index < -0.39 is 53.3 Å². The summed E-state index contributed by atoms with van der Waals surface area (Å²) in [7, 11) is 0. The summed E-state index contributed by atoms with van der Waals surface area (Å²) in [6, 6.07) is 4.43. The van der Waals surface area contributed by atoms with Crippen LogP contribution < -0.4 is 10.6 Å². The van der Waals surface area contributed by atoms with Gasteiger partial charge in [-0.1, -0.05) is 50.6 Å². The largest absolute Gasteiger partial charge is 0.459 e. The zero-order valence-electron chi connectivity index (χ0n) is 23.4. The van der Waals surface area contributed by atoms with E-state index in [4.69, 9.17) is 21.1 Å². The number of aldehydes is 1. The van der Waals surface area contributed by atoms with Gasteiger partial charge in [0.05, 0.1) is 5.41 Å². The highest BCUT2D eigenvalue weighted by Gasteiger charge is 2.37. The average molecular weight is 563 g/mol. The van der Waals surface area contributed by atoms with Gasteiger partial charge in [0.25, 0.3) is 0 Å². The van der Waals surface area contributed by atoms with E-state index in [2.05, 4.69) is 10.6 Å². The van der Waals surface area contributed by atoms with Crippen molar-refractivity contribution in [3.63, 3.8) is 0 Å². The Kier molecular flexibility index (Phi) is 11.7. The second kappa shape index (κ2) is 14.3. The monoisotopic (exact) mass is 562 g/mol. The van der Waals surface area contributed by atoms with Gasteiger partial charge in [0.15, 0.2) is 6.10 Å². The fourth-order valence-corrected chi connectivity index (χ4v) is 4.04. The summed E-state index contributed by atoms with van der Waals surface area (Å²) in [6.45, 7) is 10.3. The van der Waals surface area contributed by atoms with Gasteiger partial charge in [0.1, 0.15) is 18.4 Å². The molecule has 0 saturated heterocycles. The van der Waals surface area contributed by atoms with Crippen LogP contribution in [0.1, 0.15) is 58.6 Å². The van der Waals surface area contributed by atoms with Crippen molar-refractivity contribution in [2.75, 3.05) is 6.54 Å². The topological polar surface area (TPSA) is 128 Å². The SMILES string of the molecule is Cc1ccc(C[C@H]2NC(=O)/C=C/C[C@@H]([C@H](C)C=O)OC(=O)[C@H](CC(C)C)OC(=O)C(C)(C)CNC2=O)cc1Cl. The molecule has 0 bridgehead atoms. The van der Waals surface area contributed by atoms with Crippen molar-refractivity contribution in [1.82, 2.24) is 10.6 Å². The maximum Gasteiger partial charge on any atom is 0.347 e. The minimum absolute atomic E-state index is 0.00494. The van der Waals surface area contributed by atoms with Crippen LogP contribution in [0.25, 0.3) is 0 Å². The van der Waals surface area contributed by atoms with Crippen LogP contribution in [0.5, 0.6) is 0 Å². The molecule has 0 radical (unpaired) electrons. The molecule has 0 fully saturated rings. The maximum absolute atomic E-state index is 13.2. The first-order valence-corrected chi connectivity index (χ1v) is 13.5. The Labute approximate surface area is 235 Å². The highest BCUT2D eigenvalue weighted by molar-refractivity contribution is 6.31. The number of hydrogen-bond acceptors (Lipinski definition) is 7. The number of aryl methyl sites for hydroxylation is 1. The summed E-state index contributed by atoms with van der Waals surface area (Å²) < 4.78 is 11.2. The van der Waals surface area contributed by atoms with Crippen molar-refractivity contribution in [2.45, 2.75) is 79.1 Å². The minimum atomic E-state index is -1.20. The minimum Gasteiger partial charge on any atom is -0.459 e. The number of hydrogen-bond donors (Lipinski definition) is 2. The lowest BCUT2D eigenvalue weighted by atomic mass is 9.93. The van der Waals surface area contributed by atoms with Crippen molar-refractivity contribution in [3.05, 3.63) is 46.5 Å². The third-order valence-corrected chi connectivity index (χ3v) is 6.88. The quantitative estimate of drug-likeness (QED) is 0.401. The molecular weight excluding hydrogens is 524 g/mol. The van der Waals surface area contributed by atoms with E-state index in [1.807, 2.05) is 32.9 Å². The van der Waals surface area contributed by atoms with Crippen LogP contribution in [0, 0.1) is 24.2 Å². The number of halogens is 1. The predicted molar refractivity (Wildman–Crippen MR) is 147 cm³/mol. The molecular formula is C29H39ClN2O7. The molecule has 10 heteroatoms. The molecule has 1 aliphatic rings. The first-order chi connectivity index (χ1) is 18.2. The van der Waals surface area contributed by atoms with Crippen LogP contribution in [0.2, 0.25) is 5.02 Å². The summed E-state index contributed by atoms with van der Waals surface area (Å²) in [4.78, 5) is 63.6. The highest BCUT2D eigenvalue weighted by atomic mass is 35.5. The van der Waals surface area contributed by atoms with Crippen molar-refractivity contribution in [1.29, 1.82) is 0 Å². The maximum atomic E-state index is 13.2. The zero-order chi connectivity index (χ0) is 29.3. The van der Waals surface area contributed by atoms with Gasteiger partial charge in [-0.25, -0.2) is 4.79 Å². The fraction of sp³-hybridized carbons (Fsp3) is 0.552.